The van der Waals surface area contributed by atoms with Gasteiger partial charge in [0, 0.05) is 25.2 Å². The number of nitrogens with one attached hydrogen (secondary N) is 1. The first-order chi connectivity index (χ1) is 6.89. The van der Waals surface area contributed by atoms with E-state index in [1.165, 1.54) is 6.42 Å². The third-order valence-electron chi connectivity index (χ3n) is 2.13. The summed E-state index contributed by atoms with van der Waals surface area (Å²) in [5.74, 6) is 0.464. The fraction of sp³-hybridized carbons (Fsp3) is 0.417. The van der Waals surface area contributed by atoms with E-state index in [-0.39, 0.29) is 0 Å². The van der Waals surface area contributed by atoms with Crippen LogP contribution in [0.15, 0.2) is 36.7 Å². The molecule has 2 aliphatic rings. The van der Waals surface area contributed by atoms with Gasteiger partial charge >= 0.3 is 0 Å². The van der Waals surface area contributed by atoms with Gasteiger partial charge in [0.25, 0.3) is 0 Å². The quantitative estimate of drug-likeness (QED) is 0.637. The Morgan fingerprint density at radius 1 is 0.857 bits per heavy atom. The molecule has 1 saturated carbocycles. The zero-order valence-electron chi connectivity index (χ0n) is 8.41. The summed E-state index contributed by atoms with van der Waals surface area (Å²) in [4.78, 5) is 10.5. The molecule has 1 aliphatic heterocycles. The number of hydrogen-bond donors (Lipinski definition) is 1. The van der Waals surface area contributed by atoms with Gasteiger partial charge in [-0.15, -0.1) is 0 Å². The predicted octanol–water partition coefficient (Wildman–Crippen LogP) is 2.69. The van der Waals surface area contributed by atoms with Crippen molar-refractivity contribution in [3.05, 3.63) is 36.7 Å². The number of carbonyl (C=O) groups is 1. The predicted molar refractivity (Wildman–Crippen MR) is 58.6 cm³/mol. The van der Waals surface area contributed by atoms with Gasteiger partial charge in [-0.1, -0.05) is 18.6 Å². The lowest BCUT2D eigenvalue weighted by molar-refractivity contribution is -0.120. The summed E-state index contributed by atoms with van der Waals surface area (Å²) in [5.41, 5.74) is 0. The summed E-state index contributed by atoms with van der Waals surface area (Å²) < 4.78 is 0. The van der Waals surface area contributed by atoms with Gasteiger partial charge < -0.3 is 5.32 Å². The first-order valence-corrected chi connectivity index (χ1v) is 5.16. The molecular weight excluding hydrogens is 174 g/mol. The van der Waals surface area contributed by atoms with Crippen LogP contribution in [0.1, 0.15) is 32.1 Å². The molecule has 14 heavy (non-hydrogen) atoms. The minimum Gasteiger partial charge on any atom is -0.368 e. The Kier molecular flexibility index (Phi) is 5.48. The lowest BCUT2D eigenvalue weighted by Gasteiger charge is -2.05. The molecule has 0 radical (unpaired) electrons. The maximum absolute atomic E-state index is 10.5. The van der Waals surface area contributed by atoms with Crippen LogP contribution in [0, 0.1) is 0 Å². The molecule has 1 aliphatic carbocycles. The molecule has 0 unspecified atom stereocenters. The van der Waals surface area contributed by atoms with Crippen LogP contribution >= 0.6 is 0 Å². The Balaban J connectivity index is 0.000000140. The van der Waals surface area contributed by atoms with Gasteiger partial charge in [0.05, 0.1) is 0 Å². The average molecular weight is 191 g/mol. The van der Waals surface area contributed by atoms with E-state index in [1.54, 1.807) is 0 Å². The summed E-state index contributed by atoms with van der Waals surface area (Å²) in [7, 11) is 0. The molecule has 0 aromatic heterocycles. The van der Waals surface area contributed by atoms with E-state index in [4.69, 9.17) is 0 Å². The molecule has 1 fully saturated rings. The van der Waals surface area contributed by atoms with Crippen LogP contribution in [0.5, 0.6) is 0 Å². The van der Waals surface area contributed by atoms with Crippen LogP contribution in [0.4, 0.5) is 0 Å². The first kappa shape index (κ1) is 10.8. The number of rotatable bonds is 0. The molecule has 0 aromatic rings. The minimum absolute atomic E-state index is 0.464. The van der Waals surface area contributed by atoms with E-state index in [1.807, 2.05) is 36.7 Å². The second kappa shape index (κ2) is 7.13. The van der Waals surface area contributed by atoms with Crippen molar-refractivity contribution in [1.82, 2.24) is 5.32 Å². The van der Waals surface area contributed by atoms with Gasteiger partial charge in [-0.05, 0) is 25.0 Å². The van der Waals surface area contributed by atoms with Crippen molar-refractivity contribution in [2.75, 3.05) is 0 Å². The minimum atomic E-state index is 0.464. The summed E-state index contributed by atoms with van der Waals surface area (Å²) in [6.07, 6.45) is 16.8. The average Bonchev–Trinajstić information content (AvgIpc) is 2.51. The number of Topliss-reactive ketones (excluding diaryl/α,β-unsaturated/α-hetero) is 1. The molecule has 0 saturated heterocycles. The maximum Gasteiger partial charge on any atom is 0.132 e. The van der Waals surface area contributed by atoms with E-state index >= 15 is 0 Å². The zero-order chi connectivity index (χ0) is 10.1. The smallest absolute Gasteiger partial charge is 0.132 e. The fourth-order valence-corrected chi connectivity index (χ4v) is 1.35. The van der Waals surface area contributed by atoms with Gasteiger partial charge in [-0.25, -0.2) is 0 Å². The Morgan fingerprint density at radius 3 is 1.86 bits per heavy atom. The lowest BCUT2D eigenvalue weighted by Crippen LogP contribution is -2.02. The molecule has 0 spiro atoms. The summed E-state index contributed by atoms with van der Waals surface area (Å²) in [6, 6.07) is 0. The standard InChI is InChI=1S/C6H7N.C6H10O/c1-2-4-6-7-5-3-1;7-6-4-2-1-3-5-6/h1-7H;1-5H2. The van der Waals surface area contributed by atoms with Gasteiger partial charge in [0.15, 0.2) is 0 Å². The number of allylic oxidation sites excluding steroid dienone is 4. The molecule has 76 valence electrons. The van der Waals surface area contributed by atoms with E-state index in [0.29, 0.717) is 5.78 Å². The van der Waals surface area contributed by atoms with Crippen LogP contribution in [0.25, 0.3) is 0 Å². The van der Waals surface area contributed by atoms with E-state index in [2.05, 4.69) is 5.32 Å². The Hall–Kier alpha value is -1.31. The number of carbonyl (C=O) groups excluding carboxylic acids is 1. The highest BCUT2D eigenvalue weighted by atomic mass is 16.1. The Bertz CT molecular complexity index is 229. The molecule has 2 nitrogen and oxygen atoms in total. The second-order valence-electron chi connectivity index (χ2n) is 3.37. The highest BCUT2D eigenvalue weighted by Gasteiger charge is 2.05. The maximum atomic E-state index is 10.5. The van der Waals surface area contributed by atoms with Gasteiger partial charge in [-0.3, -0.25) is 4.79 Å². The number of ketones is 1. The molecule has 0 amide bonds. The highest BCUT2D eigenvalue weighted by Crippen LogP contribution is 2.12. The lowest BCUT2D eigenvalue weighted by atomic mass is 10.00. The topological polar surface area (TPSA) is 29.1 Å². The molecule has 0 aromatic carbocycles. The van der Waals surface area contributed by atoms with Crippen molar-refractivity contribution in [2.45, 2.75) is 32.1 Å². The molecule has 0 atom stereocenters. The molecule has 1 heterocycles. The van der Waals surface area contributed by atoms with Gasteiger partial charge in [-0.2, -0.15) is 0 Å². The third kappa shape index (κ3) is 5.36. The van der Waals surface area contributed by atoms with Crippen molar-refractivity contribution >= 4 is 5.78 Å². The van der Waals surface area contributed by atoms with Crippen LogP contribution < -0.4 is 5.32 Å². The summed E-state index contributed by atoms with van der Waals surface area (Å²) in [6.45, 7) is 0. The van der Waals surface area contributed by atoms with Crippen molar-refractivity contribution in [1.29, 1.82) is 0 Å². The monoisotopic (exact) mass is 191 g/mol. The second-order valence-corrected chi connectivity index (χ2v) is 3.37. The van der Waals surface area contributed by atoms with Crippen molar-refractivity contribution < 1.29 is 4.79 Å². The SMILES string of the molecule is C1=CC=CNC=C1.O=C1CCCCC1. The summed E-state index contributed by atoms with van der Waals surface area (Å²) in [5, 5.41) is 2.92. The Morgan fingerprint density at radius 2 is 1.43 bits per heavy atom. The molecule has 2 heteroatoms. The zero-order valence-corrected chi connectivity index (χ0v) is 8.41. The number of hydrogen-bond acceptors (Lipinski definition) is 2. The molecule has 1 N–H and O–H groups in total. The first-order valence-electron chi connectivity index (χ1n) is 5.16. The van der Waals surface area contributed by atoms with E-state index in [0.717, 1.165) is 25.7 Å². The van der Waals surface area contributed by atoms with Crippen molar-refractivity contribution in [2.24, 2.45) is 0 Å². The molecule has 0 bridgehead atoms. The van der Waals surface area contributed by atoms with Crippen LogP contribution in [0.3, 0.4) is 0 Å². The largest absolute Gasteiger partial charge is 0.368 e. The van der Waals surface area contributed by atoms with E-state index < -0.39 is 0 Å². The molecule has 2 rings (SSSR count). The highest BCUT2D eigenvalue weighted by molar-refractivity contribution is 5.78. The van der Waals surface area contributed by atoms with E-state index in [9.17, 15) is 4.79 Å². The van der Waals surface area contributed by atoms with Crippen molar-refractivity contribution in [3.8, 4) is 0 Å². The van der Waals surface area contributed by atoms with Crippen LogP contribution in [-0.4, -0.2) is 5.78 Å². The third-order valence-corrected chi connectivity index (χ3v) is 2.13. The fourth-order valence-electron chi connectivity index (χ4n) is 1.35. The Labute approximate surface area is 85.4 Å². The van der Waals surface area contributed by atoms with Crippen LogP contribution in [0.2, 0.25) is 0 Å². The molecular formula is C12H17NO. The summed E-state index contributed by atoms with van der Waals surface area (Å²) >= 11 is 0. The van der Waals surface area contributed by atoms with Crippen molar-refractivity contribution in [3.63, 3.8) is 0 Å². The van der Waals surface area contributed by atoms with Gasteiger partial charge in [0.2, 0.25) is 0 Å². The van der Waals surface area contributed by atoms with Crippen LogP contribution in [-0.2, 0) is 4.79 Å². The normalized spacial score (nSPS) is 19.3. The van der Waals surface area contributed by atoms with Gasteiger partial charge in [0.1, 0.15) is 5.78 Å².